The molecule has 0 atom stereocenters. The zero-order valence-electron chi connectivity index (χ0n) is 14.5. The van der Waals surface area contributed by atoms with E-state index in [9.17, 15) is 4.79 Å². The second-order valence-electron chi connectivity index (χ2n) is 5.55. The van der Waals surface area contributed by atoms with E-state index in [1.54, 1.807) is 4.90 Å². The van der Waals surface area contributed by atoms with Crippen LogP contribution in [0.4, 0.5) is 0 Å². The van der Waals surface area contributed by atoms with Crippen LogP contribution in [0, 0.1) is 0 Å². The zero-order valence-corrected chi connectivity index (χ0v) is 16.8. The molecule has 6 heteroatoms. The Morgan fingerprint density at radius 2 is 1.91 bits per heavy atom. The number of carbonyl (C=O) groups is 1. The second-order valence-corrected chi connectivity index (χ2v) is 5.55. The van der Waals surface area contributed by atoms with Crippen LogP contribution < -0.4 is 10.6 Å². The summed E-state index contributed by atoms with van der Waals surface area (Å²) in [4.78, 5) is 18.3. The lowest BCUT2D eigenvalue weighted by Gasteiger charge is -2.17. The number of halogens is 1. The number of nitrogens with zero attached hydrogens (tertiary/aromatic N) is 2. The SMILES string of the molecule is CCNC(=NCCC(=O)N(C)Cc1ccccc1)NC(C)C.I. The first-order chi connectivity index (χ1) is 10.5. The monoisotopic (exact) mass is 432 g/mol. The van der Waals surface area contributed by atoms with Gasteiger partial charge in [-0.05, 0) is 26.3 Å². The summed E-state index contributed by atoms with van der Waals surface area (Å²) in [5.41, 5.74) is 1.14. The third kappa shape index (κ3) is 9.43. The first kappa shape index (κ1) is 21.7. The number of aliphatic imine (C=N–C) groups is 1. The number of benzene rings is 1. The molecule has 0 aliphatic carbocycles. The van der Waals surface area contributed by atoms with Crippen LogP contribution in [0.2, 0.25) is 0 Å². The van der Waals surface area contributed by atoms with Crippen molar-refractivity contribution in [1.82, 2.24) is 15.5 Å². The molecule has 0 radical (unpaired) electrons. The summed E-state index contributed by atoms with van der Waals surface area (Å²) >= 11 is 0. The van der Waals surface area contributed by atoms with Crippen molar-refractivity contribution in [3.8, 4) is 0 Å². The number of rotatable bonds is 7. The molecular weight excluding hydrogens is 403 g/mol. The van der Waals surface area contributed by atoms with Crippen LogP contribution in [0.15, 0.2) is 35.3 Å². The molecule has 2 N–H and O–H groups in total. The molecule has 0 spiro atoms. The normalized spacial score (nSPS) is 10.9. The van der Waals surface area contributed by atoms with Crippen molar-refractivity contribution in [2.75, 3.05) is 20.1 Å². The lowest BCUT2D eigenvalue weighted by Crippen LogP contribution is -2.41. The first-order valence-electron chi connectivity index (χ1n) is 7.85. The number of amides is 1. The minimum atomic E-state index is 0. The fourth-order valence-electron chi connectivity index (χ4n) is 1.99. The molecule has 0 saturated heterocycles. The van der Waals surface area contributed by atoms with Gasteiger partial charge in [0.15, 0.2) is 5.96 Å². The summed E-state index contributed by atoms with van der Waals surface area (Å²) in [5, 5.41) is 6.41. The van der Waals surface area contributed by atoms with Crippen LogP contribution in [-0.4, -0.2) is 42.9 Å². The van der Waals surface area contributed by atoms with Gasteiger partial charge in [0.1, 0.15) is 0 Å². The van der Waals surface area contributed by atoms with Crippen molar-refractivity contribution >= 4 is 35.8 Å². The maximum atomic E-state index is 12.1. The molecule has 1 amide bonds. The molecule has 0 aliphatic rings. The van der Waals surface area contributed by atoms with Crippen LogP contribution in [0.1, 0.15) is 32.8 Å². The number of carbonyl (C=O) groups excluding carboxylic acids is 1. The summed E-state index contributed by atoms with van der Waals surface area (Å²) in [7, 11) is 1.83. The van der Waals surface area contributed by atoms with E-state index in [4.69, 9.17) is 0 Å². The molecule has 1 aromatic rings. The van der Waals surface area contributed by atoms with Gasteiger partial charge in [0, 0.05) is 32.6 Å². The Labute approximate surface area is 157 Å². The Hall–Kier alpha value is -1.31. The van der Waals surface area contributed by atoms with E-state index in [-0.39, 0.29) is 29.9 Å². The van der Waals surface area contributed by atoms with Crippen molar-refractivity contribution in [3.63, 3.8) is 0 Å². The zero-order chi connectivity index (χ0) is 16.4. The van der Waals surface area contributed by atoms with E-state index in [1.807, 2.05) is 44.3 Å². The van der Waals surface area contributed by atoms with Gasteiger partial charge in [-0.25, -0.2) is 0 Å². The summed E-state index contributed by atoms with van der Waals surface area (Å²) in [6.07, 6.45) is 0.415. The lowest BCUT2D eigenvalue weighted by molar-refractivity contribution is -0.130. The lowest BCUT2D eigenvalue weighted by atomic mass is 10.2. The summed E-state index contributed by atoms with van der Waals surface area (Å²) in [6.45, 7) is 8.07. The molecule has 0 unspecified atom stereocenters. The van der Waals surface area contributed by atoms with Gasteiger partial charge in [-0.1, -0.05) is 30.3 Å². The maximum Gasteiger partial charge on any atom is 0.224 e. The van der Waals surface area contributed by atoms with Crippen LogP contribution in [0.25, 0.3) is 0 Å². The van der Waals surface area contributed by atoms with E-state index in [2.05, 4.69) is 29.5 Å². The fourth-order valence-corrected chi connectivity index (χ4v) is 1.99. The average Bonchev–Trinajstić information content (AvgIpc) is 2.47. The molecule has 0 aromatic heterocycles. The highest BCUT2D eigenvalue weighted by atomic mass is 127. The third-order valence-electron chi connectivity index (χ3n) is 3.05. The Bertz CT molecular complexity index is 477. The molecule has 0 heterocycles. The Balaban J connectivity index is 0.00000484. The molecule has 1 aromatic carbocycles. The molecule has 5 nitrogen and oxygen atoms in total. The van der Waals surface area contributed by atoms with Crippen molar-refractivity contribution in [2.45, 2.75) is 39.8 Å². The number of guanidine groups is 1. The molecule has 0 bridgehead atoms. The molecular formula is C17H29IN4O. The van der Waals surface area contributed by atoms with Crippen LogP contribution in [0.3, 0.4) is 0 Å². The Kier molecular flexibility index (Phi) is 11.5. The summed E-state index contributed by atoms with van der Waals surface area (Å²) in [5.74, 6) is 0.865. The van der Waals surface area contributed by atoms with Gasteiger partial charge in [0.2, 0.25) is 5.91 Å². The van der Waals surface area contributed by atoms with Crippen LogP contribution in [0.5, 0.6) is 0 Å². The van der Waals surface area contributed by atoms with Crippen molar-refractivity contribution < 1.29 is 4.79 Å². The van der Waals surface area contributed by atoms with Gasteiger partial charge in [-0.2, -0.15) is 0 Å². The van der Waals surface area contributed by atoms with Crippen molar-refractivity contribution in [3.05, 3.63) is 35.9 Å². The van der Waals surface area contributed by atoms with Crippen LogP contribution in [-0.2, 0) is 11.3 Å². The first-order valence-corrected chi connectivity index (χ1v) is 7.85. The highest BCUT2D eigenvalue weighted by molar-refractivity contribution is 14.0. The standard InChI is InChI=1S/C17H28N4O.HI/c1-5-18-17(20-14(2)3)19-12-11-16(22)21(4)13-15-9-7-6-8-10-15;/h6-10,14H,5,11-13H2,1-4H3,(H2,18,19,20);1H. The molecule has 130 valence electrons. The molecule has 23 heavy (non-hydrogen) atoms. The molecule has 1 rings (SSSR count). The minimum Gasteiger partial charge on any atom is -0.357 e. The van der Waals surface area contributed by atoms with Gasteiger partial charge in [0.25, 0.3) is 0 Å². The van der Waals surface area contributed by atoms with E-state index < -0.39 is 0 Å². The van der Waals surface area contributed by atoms with Crippen molar-refractivity contribution in [2.24, 2.45) is 4.99 Å². The van der Waals surface area contributed by atoms with Gasteiger partial charge in [-0.15, -0.1) is 24.0 Å². The minimum absolute atomic E-state index is 0. The van der Waals surface area contributed by atoms with Crippen molar-refractivity contribution in [1.29, 1.82) is 0 Å². The highest BCUT2D eigenvalue weighted by Crippen LogP contribution is 2.04. The predicted molar refractivity (Wildman–Crippen MR) is 107 cm³/mol. The Morgan fingerprint density at radius 1 is 1.26 bits per heavy atom. The number of hydrogen-bond acceptors (Lipinski definition) is 2. The smallest absolute Gasteiger partial charge is 0.224 e. The summed E-state index contributed by atoms with van der Waals surface area (Å²) < 4.78 is 0. The van der Waals surface area contributed by atoms with Gasteiger partial charge < -0.3 is 15.5 Å². The fraction of sp³-hybridized carbons (Fsp3) is 0.529. The van der Waals surface area contributed by atoms with E-state index >= 15 is 0 Å². The highest BCUT2D eigenvalue weighted by Gasteiger charge is 2.09. The number of hydrogen-bond donors (Lipinski definition) is 2. The topological polar surface area (TPSA) is 56.7 Å². The van der Waals surface area contributed by atoms with Gasteiger partial charge in [0.05, 0.1) is 6.54 Å². The van der Waals surface area contributed by atoms with Gasteiger partial charge in [-0.3, -0.25) is 9.79 Å². The average molecular weight is 432 g/mol. The van der Waals surface area contributed by atoms with E-state index in [1.165, 1.54) is 0 Å². The quantitative estimate of drug-likeness (QED) is 0.396. The number of nitrogens with one attached hydrogen (secondary N) is 2. The molecule has 0 saturated carbocycles. The van der Waals surface area contributed by atoms with Gasteiger partial charge >= 0.3 is 0 Å². The second kappa shape index (κ2) is 12.2. The largest absolute Gasteiger partial charge is 0.357 e. The Morgan fingerprint density at radius 3 is 2.48 bits per heavy atom. The molecule has 0 aliphatic heterocycles. The maximum absolute atomic E-state index is 12.1. The summed E-state index contributed by atoms with van der Waals surface area (Å²) in [6, 6.07) is 10.3. The molecule has 0 fully saturated rings. The third-order valence-corrected chi connectivity index (χ3v) is 3.05. The van der Waals surface area contributed by atoms with E-state index in [0.717, 1.165) is 18.1 Å². The predicted octanol–water partition coefficient (Wildman–Crippen LogP) is 2.62. The van der Waals surface area contributed by atoms with E-state index in [0.29, 0.717) is 25.6 Å². The van der Waals surface area contributed by atoms with Crippen LogP contribution >= 0.6 is 24.0 Å².